The van der Waals surface area contributed by atoms with Crippen molar-refractivity contribution in [3.63, 3.8) is 0 Å². The molecule has 0 spiro atoms. The molecule has 0 unspecified atom stereocenters. The van der Waals surface area contributed by atoms with Crippen molar-refractivity contribution in [2.45, 2.75) is 56.7 Å². The molecule has 0 aromatic carbocycles. The number of pyridine rings is 2. The van der Waals surface area contributed by atoms with Crippen LogP contribution in [0.5, 0.6) is 0 Å². The average molecular weight is 424 g/mol. The molecule has 2 aromatic rings. The predicted molar refractivity (Wildman–Crippen MR) is 108 cm³/mol. The zero-order chi connectivity index (χ0) is 21.2. The summed E-state index contributed by atoms with van der Waals surface area (Å²) in [7, 11) is 0. The van der Waals surface area contributed by atoms with Gasteiger partial charge in [-0.3, -0.25) is 9.78 Å². The van der Waals surface area contributed by atoms with E-state index in [0.29, 0.717) is 22.3 Å². The van der Waals surface area contributed by atoms with Crippen LogP contribution in [0.4, 0.5) is 18.9 Å². The summed E-state index contributed by atoms with van der Waals surface area (Å²) >= 11 is 1.42. The second-order valence-corrected chi connectivity index (χ2v) is 8.38. The molecule has 4 nitrogen and oxygen atoms in total. The van der Waals surface area contributed by atoms with Gasteiger partial charge < -0.3 is 5.32 Å². The summed E-state index contributed by atoms with van der Waals surface area (Å²) in [4.78, 5) is 21.4. The molecule has 0 atom stereocenters. The van der Waals surface area contributed by atoms with Gasteiger partial charge in [-0.25, -0.2) is 4.98 Å². The molecule has 0 radical (unpaired) electrons. The van der Waals surface area contributed by atoms with Crippen LogP contribution in [0.1, 0.15) is 65.7 Å². The van der Waals surface area contributed by atoms with Crippen molar-refractivity contribution < 1.29 is 18.0 Å². The first-order valence-electron chi connectivity index (χ1n) is 9.58. The summed E-state index contributed by atoms with van der Waals surface area (Å²) in [5.74, 6) is 0.0148. The van der Waals surface area contributed by atoms with Crippen LogP contribution in [0.25, 0.3) is 0 Å². The zero-order valence-corrected chi connectivity index (χ0v) is 17.5. The molecular weight excluding hydrogens is 399 g/mol. The summed E-state index contributed by atoms with van der Waals surface area (Å²) in [6.45, 7) is 3.52. The summed E-state index contributed by atoms with van der Waals surface area (Å²) in [5, 5.41) is 3.45. The molecule has 0 bridgehead atoms. The van der Waals surface area contributed by atoms with Gasteiger partial charge in [0.1, 0.15) is 0 Å². The maximum atomic E-state index is 13.5. The summed E-state index contributed by atoms with van der Waals surface area (Å²) < 4.78 is 40.4. The Hall–Kier alpha value is -2.09. The first kappa shape index (κ1) is 21.6. The molecule has 1 aliphatic rings. The highest BCUT2D eigenvalue weighted by Crippen LogP contribution is 2.40. The van der Waals surface area contributed by atoms with Crippen molar-refractivity contribution in [1.29, 1.82) is 0 Å². The number of nitrogens with one attached hydrogen (secondary N) is 1. The van der Waals surface area contributed by atoms with E-state index in [1.54, 1.807) is 18.3 Å². The number of thioether (sulfide) groups is 1. The average Bonchev–Trinajstić information content (AvgIpc) is 2.67. The molecule has 29 heavy (non-hydrogen) atoms. The fraction of sp³-hybridized carbons (Fsp3) is 0.476. The zero-order valence-electron chi connectivity index (χ0n) is 16.6. The topological polar surface area (TPSA) is 54.9 Å². The number of carbonyl (C=O) groups excluding carboxylic acids is 1. The molecule has 0 saturated heterocycles. The Morgan fingerprint density at radius 2 is 1.90 bits per heavy atom. The molecule has 3 rings (SSSR count). The van der Waals surface area contributed by atoms with Crippen LogP contribution < -0.4 is 5.32 Å². The van der Waals surface area contributed by atoms with Gasteiger partial charge in [0.25, 0.3) is 5.91 Å². The molecule has 1 amide bonds. The Balaban J connectivity index is 2.01. The van der Waals surface area contributed by atoms with Crippen molar-refractivity contribution in [1.82, 2.24) is 9.97 Å². The number of halogens is 3. The van der Waals surface area contributed by atoms with Crippen LogP contribution in [-0.4, -0.2) is 22.1 Å². The van der Waals surface area contributed by atoms with Crippen LogP contribution >= 0.6 is 11.8 Å². The molecule has 1 aliphatic carbocycles. The lowest BCUT2D eigenvalue weighted by molar-refractivity contribution is -0.138. The number of alkyl halides is 3. The third kappa shape index (κ3) is 4.91. The third-order valence-electron chi connectivity index (χ3n) is 5.50. The molecule has 2 heterocycles. The van der Waals surface area contributed by atoms with Gasteiger partial charge in [0.2, 0.25) is 0 Å². The van der Waals surface area contributed by atoms with Gasteiger partial charge in [-0.2, -0.15) is 13.2 Å². The summed E-state index contributed by atoms with van der Waals surface area (Å²) in [6.07, 6.45) is 3.34. The smallest absolute Gasteiger partial charge is 0.322 e. The molecule has 1 saturated carbocycles. The van der Waals surface area contributed by atoms with Crippen LogP contribution in [0.15, 0.2) is 29.6 Å². The minimum Gasteiger partial charge on any atom is -0.322 e. The van der Waals surface area contributed by atoms with Gasteiger partial charge in [0.05, 0.1) is 21.8 Å². The van der Waals surface area contributed by atoms with Gasteiger partial charge in [0.15, 0.2) is 0 Å². The van der Waals surface area contributed by atoms with E-state index < -0.39 is 17.6 Å². The van der Waals surface area contributed by atoms with Crippen LogP contribution in [-0.2, 0) is 6.18 Å². The van der Waals surface area contributed by atoms with Crippen molar-refractivity contribution in [2.75, 3.05) is 11.6 Å². The van der Waals surface area contributed by atoms with E-state index in [1.165, 1.54) is 18.7 Å². The molecule has 0 aliphatic heterocycles. The van der Waals surface area contributed by atoms with Gasteiger partial charge in [-0.1, -0.05) is 19.8 Å². The lowest BCUT2D eigenvalue weighted by atomic mass is 9.79. The fourth-order valence-electron chi connectivity index (χ4n) is 3.83. The van der Waals surface area contributed by atoms with Crippen LogP contribution in [0, 0.1) is 12.8 Å². The van der Waals surface area contributed by atoms with Gasteiger partial charge >= 0.3 is 6.18 Å². The largest absolute Gasteiger partial charge is 0.418 e. The van der Waals surface area contributed by atoms with E-state index in [2.05, 4.69) is 22.2 Å². The SMILES string of the molecule is CSc1cc(NC(=O)c2c(C3CCC(C)CC3)ncc(C(F)(F)F)c2C)ccn1. The van der Waals surface area contributed by atoms with Gasteiger partial charge in [-0.05, 0) is 49.6 Å². The normalized spacial score (nSPS) is 19.8. The van der Waals surface area contributed by atoms with Crippen LogP contribution in [0.3, 0.4) is 0 Å². The van der Waals surface area contributed by atoms with Gasteiger partial charge in [-0.15, -0.1) is 11.8 Å². The number of aromatic nitrogens is 2. The fourth-order valence-corrected chi connectivity index (χ4v) is 4.24. The number of carbonyl (C=O) groups is 1. The molecule has 2 aromatic heterocycles. The number of rotatable bonds is 4. The first-order valence-corrected chi connectivity index (χ1v) is 10.8. The lowest BCUT2D eigenvalue weighted by Crippen LogP contribution is -2.23. The minimum absolute atomic E-state index is 0.00729. The van der Waals surface area contributed by atoms with Crippen LogP contribution in [0.2, 0.25) is 0 Å². The summed E-state index contributed by atoms with van der Waals surface area (Å²) in [5.41, 5.74) is 0.0724. The third-order valence-corrected chi connectivity index (χ3v) is 6.15. The standard InChI is InChI=1S/C21H24F3N3OS/c1-12-4-6-14(7-5-12)19-18(13(2)16(11-26-19)21(22,23)24)20(28)27-15-8-9-25-17(10-15)29-3/h8-12,14H,4-7H2,1-3H3,(H,25,27,28). The number of hydrogen-bond acceptors (Lipinski definition) is 4. The number of anilines is 1. The molecule has 1 fully saturated rings. The van der Waals surface area contributed by atoms with E-state index in [4.69, 9.17) is 0 Å². The second-order valence-electron chi connectivity index (χ2n) is 7.55. The predicted octanol–water partition coefficient (Wildman–Crippen LogP) is 6.07. The van der Waals surface area contributed by atoms with E-state index in [9.17, 15) is 18.0 Å². The number of amides is 1. The van der Waals surface area contributed by atoms with Crippen molar-refractivity contribution in [3.05, 3.63) is 46.9 Å². The van der Waals surface area contributed by atoms with E-state index in [0.717, 1.165) is 31.9 Å². The molecule has 8 heteroatoms. The van der Waals surface area contributed by atoms with Crippen molar-refractivity contribution in [2.24, 2.45) is 5.92 Å². The molecule has 1 N–H and O–H groups in total. The Bertz CT molecular complexity index is 893. The maximum Gasteiger partial charge on any atom is 0.418 e. The Labute approximate surface area is 172 Å². The van der Waals surface area contributed by atoms with Gasteiger partial charge in [0, 0.05) is 24.0 Å². The summed E-state index contributed by atoms with van der Waals surface area (Å²) in [6, 6.07) is 3.32. The Kier molecular flexibility index (Phi) is 6.51. The quantitative estimate of drug-likeness (QED) is 0.606. The Morgan fingerprint density at radius 3 is 2.52 bits per heavy atom. The van der Waals surface area contributed by atoms with Crippen molar-refractivity contribution >= 4 is 23.4 Å². The Morgan fingerprint density at radius 1 is 1.21 bits per heavy atom. The maximum absolute atomic E-state index is 13.5. The highest BCUT2D eigenvalue weighted by atomic mass is 32.2. The monoisotopic (exact) mass is 423 g/mol. The number of hydrogen-bond donors (Lipinski definition) is 1. The highest BCUT2D eigenvalue weighted by Gasteiger charge is 2.37. The second kappa shape index (κ2) is 8.73. The van der Waals surface area contributed by atoms with E-state index in [-0.39, 0.29) is 17.0 Å². The minimum atomic E-state index is -4.56. The molecule has 156 valence electrons. The van der Waals surface area contributed by atoms with E-state index in [1.807, 2.05) is 6.26 Å². The number of nitrogens with zero attached hydrogens (tertiary/aromatic N) is 2. The first-order chi connectivity index (χ1) is 13.7. The highest BCUT2D eigenvalue weighted by molar-refractivity contribution is 7.98. The lowest BCUT2D eigenvalue weighted by Gasteiger charge is -2.28. The van der Waals surface area contributed by atoms with Crippen molar-refractivity contribution in [3.8, 4) is 0 Å². The molecular formula is C21H24F3N3OS. The van der Waals surface area contributed by atoms with E-state index >= 15 is 0 Å².